The van der Waals surface area contributed by atoms with Crippen molar-refractivity contribution >= 4 is 10.8 Å². The molecule has 5 heteroatoms. The highest BCUT2D eigenvalue weighted by atomic mass is 16.5. The van der Waals surface area contributed by atoms with Crippen LogP contribution in [0.15, 0.2) is 206 Å². The Morgan fingerprint density at radius 3 is 1.32 bits per heavy atom. The molecule has 10 aromatic rings. The van der Waals surface area contributed by atoms with Crippen molar-refractivity contribution in [2.45, 2.75) is 0 Å². The molecule has 0 radical (unpaired) electrons. The lowest BCUT2D eigenvalue weighted by Crippen LogP contribution is -2.00. The molecule has 59 heavy (non-hydrogen) atoms. The van der Waals surface area contributed by atoms with Gasteiger partial charge in [-0.15, -0.1) is 0 Å². The molecule has 3 heterocycles. The van der Waals surface area contributed by atoms with Crippen molar-refractivity contribution in [1.82, 2.24) is 19.9 Å². The Morgan fingerprint density at radius 1 is 0.305 bits per heavy atom. The normalized spacial score (nSPS) is 11.5. The summed E-state index contributed by atoms with van der Waals surface area (Å²) in [6, 6.07) is 69.6. The predicted octanol–water partition coefficient (Wildman–Crippen LogP) is 13.9. The Morgan fingerprint density at radius 2 is 0.729 bits per heavy atom. The van der Waals surface area contributed by atoms with Gasteiger partial charge in [-0.25, -0.2) is 19.9 Å². The second-order valence-corrected chi connectivity index (χ2v) is 14.7. The van der Waals surface area contributed by atoms with Crippen LogP contribution in [0.1, 0.15) is 0 Å². The van der Waals surface area contributed by atoms with Crippen LogP contribution >= 0.6 is 0 Å². The van der Waals surface area contributed by atoms with Crippen LogP contribution in [-0.4, -0.2) is 19.9 Å². The van der Waals surface area contributed by atoms with Gasteiger partial charge < -0.3 is 4.74 Å². The van der Waals surface area contributed by atoms with Crippen molar-refractivity contribution in [1.29, 1.82) is 0 Å². The molecule has 0 spiro atoms. The molecule has 276 valence electrons. The highest BCUT2D eigenvalue weighted by Gasteiger charge is 2.21. The Kier molecular flexibility index (Phi) is 8.41. The summed E-state index contributed by atoms with van der Waals surface area (Å²) in [7, 11) is 0. The predicted molar refractivity (Wildman–Crippen MR) is 239 cm³/mol. The third kappa shape index (κ3) is 6.51. The molecule has 0 saturated carbocycles. The molecule has 0 amide bonds. The zero-order valence-electron chi connectivity index (χ0n) is 31.8. The van der Waals surface area contributed by atoms with Crippen LogP contribution in [-0.2, 0) is 0 Å². The van der Waals surface area contributed by atoms with Gasteiger partial charge in [0.2, 0.25) is 5.88 Å². The van der Waals surface area contributed by atoms with Crippen molar-refractivity contribution < 1.29 is 4.74 Å². The molecule has 11 rings (SSSR count). The summed E-state index contributed by atoms with van der Waals surface area (Å²) in [6.07, 6.45) is 1.81. The monoisotopic (exact) mass is 754 g/mol. The first kappa shape index (κ1) is 34.2. The van der Waals surface area contributed by atoms with Crippen molar-refractivity contribution in [3.8, 4) is 101 Å². The minimum Gasteiger partial charge on any atom is -0.438 e. The van der Waals surface area contributed by atoms with Gasteiger partial charge in [0.1, 0.15) is 5.75 Å². The summed E-state index contributed by atoms with van der Waals surface area (Å²) < 4.78 is 6.38. The van der Waals surface area contributed by atoms with E-state index in [1.54, 1.807) is 0 Å². The lowest BCUT2D eigenvalue weighted by molar-refractivity contribution is 0.468. The summed E-state index contributed by atoms with van der Waals surface area (Å²) >= 11 is 0. The number of hydrogen-bond acceptors (Lipinski definition) is 5. The van der Waals surface area contributed by atoms with Gasteiger partial charge in [0, 0.05) is 28.5 Å². The van der Waals surface area contributed by atoms with Gasteiger partial charge in [0.05, 0.1) is 5.39 Å². The number of fused-ring (bicyclic) bond motifs is 2. The SMILES string of the molecule is c1ccc(-c2ccc(-c3nc(-c4ccccc4)nc(-c4ccc(-c5cccc(-c6cccc(-c7ccc8c(c7)Oc7nccc9cccc-8c79)c6)c5)cc4)n3)cc2)cc1. The molecule has 0 aliphatic carbocycles. The number of ether oxygens (including phenoxy) is 1. The highest BCUT2D eigenvalue weighted by molar-refractivity contribution is 6.03. The van der Waals surface area contributed by atoms with Crippen molar-refractivity contribution in [2.75, 3.05) is 0 Å². The van der Waals surface area contributed by atoms with E-state index < -0.39 is 0 Å². The molecular formula is C54H34N4O. The fraction of sp³-hybridized carbons (Fsp3) is 0. The Balaban J connectivity index is 0.885. The summed E-state index contributed by atoms with van der Waals surface area (Å²) in [5, 5.41) is 2.19. The number of pyridine rings is 1. The molecule has 5 nitrogen and oxygen atoms in total. The van der Waals surface area contributed by atoms with Crippen LogP contribution in [0.3, 0.4) is 0 Å². The van der Waals surface area contributed by atoms with E-state index in [4.69, 9.17) is 19.7 Å². The molecule has 0 unspecified atom stereocenters. The van der Waals surface area contributed by atoms with Gasteiger partial charge in [0.25, 0.3) is 0 Å². The lowest BCUT2D eigenvalue weighted by Gasteiger charge is -2.21. The summed E-state index contributed by atoms with van der Waals surface area (Å²) in [6.45, 7) is 0. The first-order chi connectivity index (χ1) is 29.2. The second-order valence-electron chi connectivity index (χ2n) is 14.7. The minimum absolute atomic E-state index is 0.628. The molecular weight excluding hydrogens is 721 g/mol. The minimum atomic E-state index is 0.628. The molecule has 1 aliphatic heterocycles. The van der Waals surface area contributed by atoms with Gasteiger partial charge in [-0.05, 0) is 85.8 Å². The molecule has 0 saturated heterocycles. The topological polar surface area (TPSA) is 60.8 Å². The van der Waals surface area contributed by atoms with Crippen LogP contribution in [0.25, 0.3) is 101 Å². The van der Waals surface area contributed by atoms with E-state index in [1.807, 2.05) is 48.7 Å². The van der Waals surface area contributed by atoms with E-state index in [0.29, 0.717) is 23.4 Å². The molecule has 0 N–H and O–H groups in total. The van der Waals surface area contributed by atoms with Crippen LogP contribution in [0.2, 0.25) is 0 Å². The van der Waals surface area contributed by atoms with Crippen molar-refractivity contribution in [2.24, 2.45) is 0 Å². The number of hydrogen-bond donors (Lipinski definition) is 0. The van der Waals surface area contributed by atoms with Gasteiger partial charge in [-0.1, -0.05) is 170 Å². The maximum atomic E-state index is 6.38. The summed E-state index contributed by atoms with van der Waals surface area (Å²) in [5.41, 5.74) is 14.1. The van der Waals surface area contributed by atoms with Gasteiger partial charge >= 0.3 is 0 Å². The first-order valence-corrected chi connectivity index (χ1v) is 19.7. The Hall–Kier alpha value is -8.02. The molecule has 2 aromatic heterocycles. The lowest BCUT2D eigenvalue weighted by atomic mass is 9.93. The third-order valence-electron chi connectivity index (χ3n) is 11.0. The number of benzene rings is 8. The van der Waals surface area contributed by atoms with E-state index in [2.05, 4.69) is 163 Å². The van der Waals surface area contributed by atoms with Gasteiger partial charge in [0.15, 0.2) is 17.5 Å². The van der Waals surface area contributed by atoms with E-state index in [1.165, 1.54) is 5.56 Å². The zero-order valence-corrected chi connectivity index (χ0v) is 31.8. The quantitative estimate of drug-likeness (QED) is 0.162. The maximum Gasteiger partial charge on any atom is 0.227 e. The Bertz CT molecular complexity index is 3160. The zero-order chi connectivity index (χ0) is 39.1. The van der Waals surface area contributed by atoms with E-state index in [9.17, 15) is 0 Å². The summed E-state index contributed by atoms with van der Waals surface area (Å²) in [5.74, 6) is 3.37. The smallest absolute Gasteiger partial charge is 0.227 e. The van der Waals surface area contributed by atoms with Crippen LogP contribution in [0.5, 0.6) is 11.6 Å². The number of rotatable bonds is 7. The molecule has 0 fully saturated rings. The van der Waals surface area contributed by atoms with E-state index in [0.717, 1.165) is 83.3 Å². The van der Waals surface area contributed by atoms with Gasteiger partial charge in [-0.2, -0.15) is 0 Å². The average Bonchev–Trinajstić information content (AvgIpc) is 3.32. The van der Waals surface area contributed by atoms with Crippen molar-refractivity contribution in [3.63, 3.8) is 0 Å². The largest absolute Gasteiger partial charge is 0.438 e. The van der Waals surface area contributed by atoms with E-state index >= 15 is 0 Å². The average molecular weight is 755 g/mol. The van der Waals surface area contributed by atoms with Crippen molar-refractivity contribution in [3.05, 3.63) is 206 Å². The van der Waals surface area contributed by atoms with Gasteiger partial charge in [-0.3, -0.25) is 0 Å². The summed E-state index contributed by atoms with van der Waals surface area (Å²) in [4.78, 5) is 19.5. The van der Waals surface area contributed by atoms with Crippen LogP contribution < -0.4 is 4.74 Å². The molecule has 8 aromatic carbocycles. The number of nitrogens with zero attached hydrogens (tertiary/aromatic N) is 4. The fourth-order valence-electron chi connectivity index (χ4n) is 7.97. The second kappa shape index (κ2) is 14.5. The highest BCUT2D eigenvalue weighted by Crippen LogP contribution is 2.46. The Labute approximate surface area is 342 Å². The first-order valence-electron chi connectivity index (χ1n) is 19.7. The fourth-order valence-corrected chi connectivity index (χ4v) is 7.97. The maximum absolute atomic E-state index is 6.38. The standard InChI is InChI=1S/C54H34N4O/c1-3-10-35(11-4-1)36-20-24-40(25-21-36)52-56-51(39-12-5-2-6-13-39)57-53(58-52)41-26-22-37(23-27-41)42-15-7-16-43(32-42)44-17-8-18-45(33-44)46-28-29-47-48-19-9-14-38-30-31-55-54(50(38)48)59-49(47)34-46/h1-34H. The number of aromatic nitrogens is 4. The van der Waals surface area contributed by atoms with Crippen LogP contribution in [0.4, 0.5) is 0 Å². The molecule has 0 atom stereocenters. The van der Waals surface area contributed by atoms with Crippen LogP contribution in [0, 0.1) is 0 Å². The van der Waals surface area contributed by atoms with E-state index in [-0.39, 0.29) is 0 Å². The third-order valence-corrected chi connectivity index (χ3v) is 11.0. The molecule has 1 aliphatic rings. The molecule has 0 bridgehead atoms.